The molecule has 3 rings (SSSR count). The lowest BCUT2D eigenvalue weighted by Gasteiger charge is -2.34. The highest BCUT2D eigenvalue weighted by atomic mass is 35.5. The first-order valence-electron chi connectivity index (χ1n) is 10.5. The number of ether oxygens (including phenoxy) is 1. The third-order valence-corrected chi connectivity index (χ3v) is 6.65. The molecule has 1 saturated heterocycles. The molecule has 1 heterocycles. The highest BCUT2D eigenvalue weighted by Gasteiger charge is 2.26. The van der Waals surface area contributed by atoms with Crippen molar-refractivity contribution in [1.29, 1.82) is 0 Å². The summed E-state index contributed by atoms with van der Waals surface area (Å²) in [7, 11) is -1.76. The van der Waals surface area contributed by atoms with Crippen molar-refractivity contribution in [3.05, 3.63) is 59.7 Å². The summed E-state index contributed by atoms with van der Waals surface area (Å²) in [6.07, 6.45) is 3.45. The first-order chi connectivity index (χ1) is 14.3. The van der Waals surface area contributed by atoms with Crippen molar-refractivity contribution in [3.63, 3.8) is 0 Å². The maximum Gasteiger partial charge on any atom is 0.231 e. The van der Waals surface area contributed by atoms with Gasteiger partial charge >= 0.3 is 0 Å². The number of halogens is 2. The van der Waals surface area contributed by atoms with Gasteiger partial charge in [-0.3, -0.25) is 4.31 Å². The van der Waals surface area contributed by atoms with Crippen molar-refractivity contribution in [2.24, 2.45) is 0 Å². The monoisotopic (exact) mass is 503 g/mol. The first kappa shape index (κ1) is 28.5. The Morgan fingerprint density at radius 3 is 2.47 bits per heavy atom. The predicted molar refractivity (Wildman–Crippen MR) is 137 cm³/mol. The smallest absolute Gasteiger partial charge is 0.231 e. The maximum absolute atomic E-state index is 12.0. The maximum atomic E-state index is 12.0. The Bertz CT molecular complexity index is 943. The van der Waals surface area contributed by atoms with Gasteiger partial charge in [0.15, 0.2) is 0 Å². The van der Waals surface area contributed by atoms with E-state index in [1.54, 1.807) is 13.1 Å². The van der Waals surface area contributed by atoms with E-state index < -0.39 is 10.0 Å². The van der Waals surface area contributed by atoms with Gasteiger partial charge in [-0.1, -0.05) is 30.3 Å². The Morgan fingerprint density at radius 2 is 1.84 bits per heavy atom. The standard InChI is InChI=1S/C23H33N3O3S.2ClH/c1-17(2)29-22-13-12-20(26(3)30(4,27)28)15-19(22)16-25-21-11-8-14-24-23(21)18-9-6-5-7-10-18;;/h5-7,9-10,12-13,15,17,21,23-25H,8,11,14,16H2,1-4H3;2*1H. The minimum atomic E-state index is -3.33. The summed E-state index contributed by atoms with van der Waals surface area (Å²) < 4.78 is 31.3. The number of piperidine rings is 1. The van der Waals surface area contributed by atoms with Crippen LogP contribution in [-0.2, 0) is 16.6 Å². The lowest BCUT2D eigenvalue weighted by Crippen LogP contribution is -2.45. The molecule has 32 heavy (non-hydrogen) atoms. The summed E-state index contributed by atoms with van der Waals surface area (Å²) in [5, 5.41) is 7.33. The van der Waals surface area contributed by atoms with Crippen molar-refractivity contribution in [1.82, 2.24) is 10.6 Å². The van der Waals surface area contributed by atoms with Crippen LogP contribution in [0.2, 0.25) is 0 Å². The van der Waals surface area contributed by atoms with E-state index in [4.69, 9.17) is 4.74 Å². The molecule has 1 aliphatic rings. The molecule has 1 fully saturated rings. The molecule has 0 aliphatic carbocycles. The average Bonchev–Trinajstić information content (AvgIpc) is 2.72. The van der Waals surface area contributed by atoms with Crippen molar-refractivity contribution in [3.8, 4) is 5.75 Å². The van der Waals surface area contributed by atoms with Crippen molar-refractivity contribution >= 4 is 40.5 Å². The molecule has 0 saturated carbocycles. The van der Waals surface area contributed by atoms with Gasteiger partial charge in [0.2, 0.25) is 10.0 Å². The quantitative estimate of drug-likeness (QED) is 0.561. The van der Waals surface area contributed by atoms with Crippen LogP contribution in [0.25, 0.3) is 0 Å². The van der Waals surface area contributed by atoms with Crippen molar-refractivity contribution in [2.45, 2.75) is 51.4 Å². The summed E-state index contributed by atoms with van der Waals surface area (Å²) in [6, 6.07) is 16.6. The van der Waals surface area contributed by atoms with Crippen LogP contribution >= 0.6 is 24.8 Å². The van der Waals surface area contributed by atoms with Crippen LogP contribution in [0.15, 0.2) is 48.5 Å². The number of nitrogens with one attached hydrogen (secondary N) is 2. The van der Waals surface area contributed by atoms with E-state index >= 15 is 0 Å². The Labute approximate surface area is 205 Å². The molecule has 0 amide bonds. The van der Waals surface area contributed by atoms with Crippen LogP contribution in [0.3, 0.4) is 0 Å². The second kappa shape index (κ2) is 12.7. The van der Waals surface area contributed by atoms with Crippen LogP contribution in [0.1, 0.15) is 43.9 Å². The van der Waals surface area contributed by atoms with E-state index in [2.05, 4.69) is 34.9 Å². The third kappa shape index (κ3) is 7.52. The summed E-state index contributed by atoms with van der Waals surface area (Å²) in [4.78, 5) is 0. The zero-order valence-electron chi connectivity index (χ0n) is 19.1. The molecule has 180 valence electrons. The van der Waals surface area contributed by atoms with Gasteiger partial charge in [-0.15, -0.1) is 24.8 Å². The van der Waals surface area contributed by atoms with Gasteiger partial charge in [0.1, 0.15) is 5.75 Å². The molecule has 0 radical (unpaired) electrons. The van der Waals surface area contributed by atoms with Crippen LogP contribution in [0, 0.1) is 0 Å². The number of sulfonamides is 1. The van der Waals surface area contributed by atoms with E-state index in [1.165, 1.54) is 16.1 Å². The Hall–Kier alpha value is -1.51. The highest BCUT2D eigenvalue weighted by molar-refractivity contribution is 7.92. The van der Waals surface area contributed by atoms with Gasteiger partial charge in [0.25, 0.3) is 0 Å². The molecular formula is C23H35Cl2N3O3S. The summed E-state index contributed by atoms with van der Waals surface area (Å²) >= 11 is 0. The van der Waals surface area contributed by atoms with Crippen molar-refractivity contribution in [2.75, 3.05) is 24.2 Å². The van der Waals surface area contributed by atoms with Crippen LogP contribution in [-0.4, -0.2) is 40.4 Å². The molecule has 2 unspecified atom stereocenters. The lowest BCUT2D eigenvalue weighted by atomic mass is 9.92. The molecule has 2 aromatic carbocycles. The number of benzene rings is 2. The van der Waals surface area contributed by atoms with Gasteiger partial charge in [-0.2, -0.15) is 0 Å². The second-order valence-electron chi connectivity index (χ2n) is 8.16. The number of anilines is 1. The third-order valence-electron chi connectivity index (χ3n) is 5.44. The molecule has 2 aromatic rings. The van der Waals surface area contributed by atoms with Crippen molar-refractivity contribution < 1.29 is 13.2 Å². The number of nitrogens with zero attached hydrogens (tertiary/aromatic N) is 1. The molecule has 2 N–H and O–H groups in total. The molecule has 6 nitrogen and oxygen atoms in total. The predicted octanol–water partition coefficient (Wildman–Crippen LogP) is 4.30. The lowest BCUT2D eigenvalue weighted by molar-refractivity contribution is 0.238. The molecular weight excluding hydrogens is 469 g/mol. The summed E-state index contributed by atoms with van der Waals surface area (Å²) in [6.45, 7) is 5.59. The molecule has 0 bridgehead atoms. The molecule has 0 aromatic heterocycles. The van der Waals surface area contributed by atoms with E-state index in [0.29, 0.717) is 12.2 Å². The SMILES string of the molecule is CC(C)Oc1ccc(N(C)S(C)(=O)=O)cc1CNC1CCCNC1c1ccccc1.Cl.Cl. The summed E-state index contributed by atoms with van der Waals surface area (Å²) in [5.41, 5.74) is 2.86. The van der Waals surface area contributed by atoms with Gasteiger partial charge < -0.3 is 15.4 Å². The topological polar surface area (TPSA) is 70.7 Å². The fraction of sp³-hybridized carbons (Fsp3) is 0.478. The van der Waals surface area contributed by atoms with Gasteiger partial charge in [-0.25, -0.2) is 8.42 Å². The number of hydrogen-bond donors (Lipinski definition) is 2. The fourth-order valence-corrected chi connectivity index (χ4v) is 4.32. The largest absolute Gasteiger partial charge is 0.491 e. The Kier molecular flexibility index (Phi) is 11.3. The van der Waals surface area contributed by atoms with E-state index in [1.807, 2.05) is 32.0 Å². The van der Waals surface area contributed by atoms with Gasteiger partial charge in [-0.05, 0) is 57.0 Å². The summed E-state index contributed by atoms with van der Waals surface area (Å²) in [5.74, 6) is 0.781. The number of rotatable bonds is 8. The second-order valence-corrected chi connectivity index (χ2v) is 10.2. The molecule has 1 aliphatic heterocycles. The molecule has 9 heteroatoms. The fourth-order valence-electron chi connectivity index (χ4n) is 3.82. The van der Waals surface area contributed by atoms with E-state index in [-0.39, 0.29) is 43.0 Å². The molecule has 2 atom stereocenters. The first-order valence-corrected chi connectivity index (χ1v) is 12.4. The Morgan fingerprint density at radius 1 is 1.16 bits per heavy atom. The van der Waals surface area contributed by atoms with Crippen LogP contribution < -0.4 is 19.7 Å². The number of hydrogen-bond acceptors (Lipinski definition) is 5. The van der Waals surface area contributed by atoms with Crippen LogP contribution in [0.4, 0.5) is 5.69 Å². The van der Waals surface area contributed by atoms with Gasteiger partial charge in [0, 0.05) is 31.2 Å². The zero-order valence-corrected chi connectivity index (χ0v) is 21.5. The van der Waals surface area contributed by atoms with E-state index in [0.717, 1.165) is 30.7 Å². The highest BCUT2D eigenvalue weighted by Crippen LogP contribution is 2.29. The Balaban J connectivity index is 0.00000256. The zero-order chi connectivity index (χ0) is 21.7. The normalized spacial score (nSPS) is 18.4. The minimum Gasteiger partial charge on any atom is -0.491 e. The van der Waals surface area contributed by atoms with Gasteiger partial charge in [0.05, 0.1) is 18.0 Å². The minimum absolute atomic E-state index is 0. The molecule has 0 spiro atoms. The average molecular weight is 505 g/mol. The van der Waals surface area contributed by atoms with Crippen LogP contribution in [0.5, 0.6) is 5.75 Å². The van der Waals surface area contributed by atoms with E-state index in [9.17, 15) is 8.42 Å².